The maximum atomic E-state index is 14.7. The Kier molecular flexibility index (Phi) is 6.99. The van der Waals surface area contributed by atoms with Crippen molar-refractivity contribution >= 4 is 46.4 Å². The molecule has 0 unspecified atom stereocenters. The molecule has 8 heteroatoms. The van der Waals surface area contributed by atoms with Crippen molar-refractivity contribution in [3.63, 3.8) is 0 Å². The number of carbonyl (C=O) groups is 1. The van der Waals surface area contributed by atoms with Crippen molar-refractivity contribution in [3.8, 4) is 0 Å². The first kappa shape index (κ1) is 22.6. The molecule has 2 aromatic carbocycles. The SMILES string of the molecule is O=C(C[C@H](c1ccccc1F)c1cnc2ccc(Cl)cn12)NCCc1ccc(Cl)cc1Cl. The molecule has 0 aliphatic heterocycles. The fourth-order valence-electron chi connectivity index (χ4n) is 3.68. The van der Waals surface area contributed by atoms with E-state index >= 15 is 0 Å². The van der Waals surface area contributed by atoms with E-state index in [0.717, 1.165) is 5.56 Å². The number of halogens is 4. The number of amides is 1. The minimum atomic E-state index is -0.538. The van der Waals surface area contributed by atoms with Crippen LogP contribution < -0.4 is 5.32 Å². The summed E-state index contributed by atoms with van der Waals surface area (Å²) in [5, 5.41) is 4.54. The molecule has 1 N–H and O–H groups in total. The maximum Gasteiger partial charge on any atom is 0.221 e. The van der Waals surface area contributed by atoms with Crippen molar-refractivity contribution in [3.05, 3.63) is 105 Å². The van der Waals surface area contributed by atoms with Gasteiger partial charge >= 0.3 is 0 Å². The summed E-state index contributed by atoms with van der Waals surface area (Å²) in [6.07, 6.45) is 3.98. The normalized spacial score (nSPS) is 12.1. The van der Waals surface area contributed by atoms with Crippen LogP contribution in [0.4, 0.5) is 4.39 Å². The molecule has 0 bridgehead atoms. The van der Waals surface area contributed by atoms with Crippen LogP contribution in [0.15, 0.2) is 67.0 Å². The molecule has 4 rings (SSSR count). The molecular formula is C24H19Cl3FN3O. The van der Waals surface area contributed by atoms with Gasteiger partial charge in [-0.3, -0.25) is 4.79 Å². The molecule has 0 spiro atoms. The predicted molar refractivity (Wildman–Crippen MR) is 126 cm³/mol. The Labute approximate surface area is 199 Å². The average Bonchev–Trinajstić information content (AvgIpc) is 3.17. The minimum absolute atomic E-state index is 0.0512. The number of rotatable bonds is 7. The van der Waals surface area contributed by atoms with E-state index in [2.05, 4.69) is 10.3 Å². The summed E-state index contributed by atoms with van der Waals surface area (Å²) >= 11 is 18.3. The van der Waals surface area contributed by atoms with E-state index in [0.29, 0.717) is 44.9 Å². The number of fused-ring (bicyclic) bond motifs is 1. The van der Waals surface area contributed by atoms with E-state index in [1.54, 1.807) is 59.3 Å². The Balaban J connectivity index is 1.55. The predicted octanol–water partition coefficient (Wildman–Crippen LogP) is 6.31. The van der Waals surface area contributed by atoms with E-state index in [4.69, 9.17) is 34.8 Å². The minimum Gasteiger partial charge on any atom is -0.356 e. The van der Waals surface area contributed by atoms with Crippen LogP contribution in [0.1, 0.15) is 29.2 Å². The fourth-order valence-corrected chi connectivity index (χ4v) is 4.35. The summed E-state index contributed by atoms with van der Waals surface area (Å²) in [4.78, 5) is 17.2. The van der Waals surface area contributed by atoms with Gasteiger partial charge < -0.3 is 9.72 Å². The third kappa shape index (κ3) is 5.07. The van der Waals surface area contributed by atoms with E-state index in [9.17, 15) is 9.18 Å². The molecule has 1 atom stereocenters. The van der Waals surface area contributed by atoms with Crippen molar-refractivity contribution in [1.82, 2.24) is 14.7 Å². The summed E-state index contributed by atoms with van der Waals surface area (Å²) in [5.41, 5.74) is 2.66. The second kappa shape index (κ2) is 9.90. The van der Waals surface area contributed by atoms with Gasteiger partial charge in [-0.25, -0.2) is 9.37 Å². The first-order valence-corrected chi connectivity index (χ1v) is 11.1. The van der Waals surface area contributed by atoms with Gasteiger partial charge in [0.05, 0.1) is 10.7 Å². The second-order valence-corrected chi connectivity index (χ2v) is 8.65. The number of hydrogen-bond donors (Lipinski definition) is 1. The molecule has 0 radical (unpaired) electrons. The molecular weight excluding hydrogens is 472 g/mol. The smallest absolute Gasteiger partial charge is 0.221 e. The summed E-state index contributed by atoms with van der Waals surface area (Å²) in [7, 11) is 0. The molecule has 4 nitrogen and oxygen atoms in total. The van der Waals surface area contributed by atoms with Crippen LogP contribution >= 0.6 is 34.8 Å². The standard InChI is InChI=1S/C24H19Cl3FN3O/c25-16-6-5-15(20(27)11-16)9-10-29-24(32)12-19(18-3-1-2-4-21(18)28)22-13-30-23-8-7-17(26)14-31(22)23/h1-8,11,13-14,19H,9-10,12H2,(H,29,32)/t19-/m1/s1. The Morgan fingerprint density at radius 3 is 2.62 bits per heavy atom. The number of carbonyl (C=O) groups excluding carboxylic acids is 1. The second-order valence-electron chi connectivity index (χ2n) is 7.37. The molecule has 32 heavy (non-hydrogen) atoms. The van der Waals surface area contributed by atoms with Gasteiger partial charge in [0.2, 0.25) is 5.91 Å². The van der Waals surface area contributed by atoms with Crippen LogP contribution in [-0.2, 0) is 11.2 Å². The van der Waals surface area contributed by atoms with Gasteiger partial charge in [0.25, 0.3) is 0 Å². The van der Waals surface area contributed by atoms with Crippen molar-refractivity contribution in [1.29, 1.82) is 0 Å². The summed E-state index contributed by atoms with van der Waals surface area (Å²) in [5.74, 6) is -1.13. The molecule has 0 aliphatic carbocycles. The molecule has 164 valence electrons. The highest BCUT2D eigenvalue weighted by Gasteiger charge is 2.24. The van der Waals surface area contributed by atoms with Crippen LogP contribution in [0.2, 0.25) is 15.1 Å². The van der Waals surface area contributed by atoms with Gasteiger partial charge in [-0.2, -0.15) is 0 Å². The number of pyridine rings is 1. The van der Waals surface area contributed by atoms with Gasteiger partial charge in [-0.15, -0.1) is 0 Å². The fraction of sp³-hybridized carbons (Fsp3) is 0.167. The quantitative estimate of drug-likeness (QED) is 0.330. The van der Waals surface area contributed by atoms with E-state index in [1.165, 1.54) is 6.07 Å². The van der Waals surface area contributed by atoms with E-state index in [-0.39, 0.29) is 18.1 Å². The zero-order chi connectivity index (χ0) is 22.7. The van der Waals surface area contributed by atoms with Crippen LogP contribution in [0.3, 0.4) is 0 Å². The van der Waals surface area contributed by atoms with Crippen molar-refractivity contribution in [2.75, 3.05) is 6.54 Å². The molecule has 0 saturated heterocycles. The van der Waals surface area contributed by atoms with Gasteiger partial charge in [-0.05, 0) is 47.9 Å². The lowest BCUT2D eigenvalue weighted by atomic mass is 9.92. The van der Waals surface area contributed by atoms with Crippen LogP contribution in [-0.4, -0.2) is 21.8 Å². The topological polar surface area (TPSA) is 46.4 Å². The van der Waals surface area contributed by atoms with E-state index in [1.807, 2.05) is 6.07 Å². The lowest BCUT2D eigenvalue weighted by molar-refractivity contribution is -0.121. The summed E-state index contributed by atoms with van der Waals surface area (Å²) in [6.45, 7) is 0.392. The molecule has 0 fully saturated rings. The van der Waals surface area contributed by atoms with Crippen LogP contribution in [0.5, 0.6) is 0 Å². The van der Waals surface area contributed by atoms with Crippen molar-refractivity contribution in [2.45, 2.75) is 18.8 Å². The number of hydrogen-bond acceptors (Lipinski definition) is 2. The van der Waals surface area contributed by atoms with Crippen LogP contribution in [0.25, 0.3) is 5.65 Å². The highest BCUT2D eigenvalue weighted by Crippen LogP contribution is 2.31. The zero-order valence-electron chi connectivity index (χ0n) is 16.9. The van der Waals surface area contributed by atoms with Crippen molar-refractivity contribution < 1.29 is 9.18 Å². The molecule has 2 aromatic heterocycles. The molecule has 2 heterocycles. The Morgan fingerprint density at radius 1 is 1.06 bits per heavy atom. The average molecular weight is 491 g/mol. The Morgan fingerprint density at radius 2 is 1.84 bits per heavy atom. The zero-order valence-corrected chi connectivity index (χ0v) is 19.1. The molecule has 1 amide bonds. The van der Waals surface area contributed by atoms with Gasteiger partial charge in [0.1, 0.15) is 11.5 Å². The summed E-state index contributed by atoms with van der Waals surface area (Å²) in [6, 6.07) is 15.2. The largest absolute Gasteiger partial charge is 0.356 e. The molecule has 0 saturated carbocycles. The lowest BCUT2D eigenvalue weighted by Crippen LogP contribution is -2.28. The third-order valence-corrected chi connectivity index (χ3v) is 6.07. The Bertz CT molecular complexity index is 1270. The molecule has 0 aliphatic rings. The highest BCUT2D eigenvalue weighted by molar-refractivity contribution is 6.35. The first-order chi connectivity index (χ1) is 15.4. The maximum absolute atomic E-state index is 14.7. The monoisotopic (exact) mass is 489 g/mol. The number of nitrogens with zero attached hydrogens (tertiary/aromatic N) is 2. The summed E-state index contributed by atoms with van der Waals surface area (Å²) < 4.78 is 16.5. The van der Waals surface area contributed by atoms with Gasteiger partial charge in [0, 0.05) is 41.3 Å². The third-order valence-electron chi connectivity index (χ3n) is 5.26. The first-order valence-electron chi connectivity index (χ1n) is 10.00. The number of nitrogens with one attached hydrogen (secondary N) is 1. The van der Waals surface area contributed by atoms with E-state index < -0.39 is 5.92 Å². The number of benzene rings is 2. The number of imidazole rings is 1. The Hall–Kier alpha value is -2.60. The number of aromatic nitrogens is 2. The molecule has 4 aromatic rings. The highest BCUT2D eigenvalue weighted by atomic mass is 35.5. The lowest BCUT2D eigenvalue weighted by Gasteiger charge is -2.18. The van der Waals surface area contributed by atoms with Crippen molar-refractivity contribution in [2.24, 2.45) is 0 Å². The van der Waals surface area contributed by atoms with Crippen LogP contribution in [0, 0.1) is 5.82 Å². The van der Waals surface area contributed by atoms with Gasteiger partial charge in [0.15, 0.2) is 0 Å². The van der Waals surface area contributed by atoms with Gasteiger partial charge in [-0.1, -0.05) is 59.1 Å².